The molecule has 0 radical (unpaired) electrons. The van der Waals surface area contributed by atoms with Crippen LogP contribution in [0.1, 0.15) is 43.8 Å². The Morgan fingerprint density at radius 3 is 2.84 bits per heavy atom. The summed E-state index contributed by atoms with van der Waals surface area (Å²) in [6.45, 7) is 9.20. The molecule has 2 rings (SSSR count). The second-order valence-electron chi connectivity index (χ2n) is 5.02. The van der Waals surface area contributed by atoms with Crippen molar-refractivity contribution >= 4 is 5.95 Å². The van der Waals surface area contributed by atoms with E-state index in [-0.39, 0.29) is 0 Å². The number of rotatable bonds is 5. The van der Waals surface area contributed by atoms with E-state index in [1.54, 1.807) is 0 Å². The fraction of sp³-hybridized carbons (Fsp3) is 0.467. The van der Waals surface area contributed by atoms with Crippen molar-refractivity contribution < 1.29 is 0 Å². The van der Waals surface area contributed by atoms with Crippen molar-refractivity contribution in [1.29, 1.82) is 0 Å². The minimum Gasteiger partial charge on any atom is -0.350 e. The van der Waals surface area contributed by atoms with Gasteiger partial charge in [-0.1, -0.05) is 13.0 Å². The number of imidazole rings is 1. The number of nitrogens with one attached hydrogen (secondary N) is 1. The second-order valence-corrected chi connectivity index (χ2v) is 5.02. The molecule has 0 aromatic carbocycles. The molecular formula is C15H22N4. The lowest BCUT2D eigenvalue weighted by Crippen LogP contribution is -2.10. The SMILES string of the molecule is CCc1cccnc1CNc1nc(C)cn1C(C)C. The van der Waals surface area contributed by atoms with Crippen molar-refractivity contribution in [2.45, 2.75) is 46.7 Å². The van der Waals surface area contributed by atoms with Gasteiger partial charge >= 0.3 is 0 Å². The summed E-state index contributed by atoms with van der Waals surface area (Å²) in [7, 11) is 0. The molecule has 0 amide bonds. The molecule has 0 saturated carbocycles. The number of nitrogens with zero attached hydrogens (tertiary/aromatic N) is 3. The van der Waals surface area contributed by atoms with E-state index in [0.29, 0.717) is 12.6 Å². The van der Waals surface area contributed by atoms with Gasteiger partial charge in [0.15, 0.2) is 0 Å². The maximum atomic E-state index is 4.53. The Morgan fingerprint density at radius 2 is 2.16 bits per heavy atom. The molecule has 19 heavy (non-hydrogen) atoms. The van der Waals surface area contributed by atoms with Gasteiger partial charge in [-0.25, -0.2) is 4.98 Å². The molecule has 2 aromatic rings. The van der Waals surface area contributed by atoms with Crippen LogP contribution >= 0.6 is 0 Å². The van der Waals surface area contributed by atoms with Crippen LogP contribution in [-0.2, 0) is 13.0 Å². The zero-order valence-electron chi connectivity index (χ0n) is 12.1. The molecule has 4 heteroatoms. The van der Waals surface area contributed by atoms with Crippen LogP contribution in [0.5, 0.6) is 0 Å². The topological polar surface area (TPSA) is 42.7 Å². The van der Waals surface area contributed by atoms with Gasteiger partial charge in [0.2, 0.25) is 5.95 Å². The molecule has 0 aliphatic heterocycles. The monoisotopic (exact) mass is 258 g/mol. The van der Waals surface area contributed by atoms with Crippen LogP contribution in [0.15, 0.2) is 24.5 Å². The standard InChI is InChI=1S/C15H22N4/c1-5-13-7-6-8-16-14(13)9-17-15-18-12(4)10-19(15)11(2)3/h6-8,10-11H,5,9H2,1-4H3,(H,17,18). The van der Waals surface area contributed by atoms with Gasteiger partial charge in [-0.15, -0.1) is 0 Å². The molecule has 0 saturated heterocycles. The minimum absolute atomic E-state index is 0.401. The van der Waals surface area contributed by atoms with Gasteiger partial charge in [-0.05, 0) is 38.8 Å². The second kappa shape index (κ2) is 5.87. The number of pyridine rings is 1. The van der Waals surface area contributed by atoms with Crippen LogP contribution < -0.4 is 5.32 Å². The minimum atomic E-state index is 0.401. The molecule has 0 aliphatic rings. The zero-order valence-corrected chi connectivity index (χ0v) is 12.1. The fourth-order valence-electron chi connectivity index (χ4n) is 2.16. The molecule has 2 aromatic heterocycles. The Bertz CT molecular complexity index is 543. The van der Waals surface area contributed by atoms with Crippen molar-refractivity contribution in [3.63, 3.8) is 0 Å². The molecule has 1 N–H and O–H groups in total. The number of hydrogen-bond donors (Lipinski definition) is 1. The smallest absolute Gasteiger partial charge is 0.203 e. The van der Waals surface area contributed by atoms with Gasteiger partial charge in [0.25, 0.3) is 0 Å². The molecule has 0 atom stereocenters. The maximum Gasteiger partial charge on any atom is 0.203 e. The highest BCUT2D eigenvalue weighted by Gasteiger charge is 2.09. The summed E-state index contributed by atoms with van der Waals surface area (Å²) in [5, 5.41) is 3.40. The molecule has 0 bridgehead atoms. The van der Waals surface area contributed by atoms with E-state index >= 15 is 0 Å². The van der Waals surface area contributed by atoms with Gasteiger partial charge < -0.3 is 9.88 Å². The van der Waals surface area contributed by atoms with E-state index in [4.69, 9.17) is 0 Å². The van der Waals surface area contributed by atoms with Gasteiger partial charge in [-0.2, -0.15) is 0 Å². The van der Waals surface area contributed by atoms with Gasteiger partial charge in [0.05, 0.1) is 17.9 Å². The number of anilines is 1. The van der Waals surface area contributed by atoms with E-state index in [1.165, 1.54) is 5.56 Å². The van der Waals surface area contributed by atoms with E-state index in [1.807, 2.05) is 19.2 Å². The molecule has 0 unspecified atom stereocenters. The van der Waals surface area contributed by atoms with Crippen molar-refractivity contribution in [1.82, 2.24) is 14.5 Å². The van der Waals surface area contributed by atoms with Crippen LogP contribution in [0.4, 0.5) is 5.95 Å². The Balaban J connectivity index is 2.14. The molecular weight excluding hydrogens is 236 g/mol. The maximum absolute atomic E-state index is 4.53. The van der Waals surface area contributed by atoms with Crippen molar-refractivity contribution in [3.8, 4) is 0 Å². The third kappa shape index (κ3) is 3.13. The quantitative estimate of drug-likeness (QED) is 0.894. The largest absolute Gasteiger partial charge is 0.350 e. The highest BCUT2D eigenvalue weighted by Crippen LogP contribution is 2.16. The zero-order chi connectivity index (χ0) is 13.8. The van der Waals surface area contributed by atoms with Crippen LogP contribution in [0, 0.1) is 6.92 Å². The Kier molecular flexibility index (Phi) is 4.20. The molecule has 102 valence electrons. The summed E-state index contributed by atoms with van der Waals surface area (Å²) < 4.78 is 2.16. The highest BCUT2D eigenvalue weighted by atomic mass is 15.2. The molecule has 0 fully saturated rings. The van der Waals surface area contributed by atoms with Crippen LogP contribution in [0.3, 0.4) is 0 Å². The highest BCUT2D eigenvalue weighted by molar-refractivity contribution is 5.32. The first kappa shape index (κ1) is 13.6. The predicted molar refractivity (Wildman–Crippen MR) is 78.3 cm³/mol. The molecule has 0 aliphatic carbocycles. The van der Waals surface area contributed by atoms with Gasteiger partial charge in [0, 0.05) is 18.4 Å². The van der Waals surface area contributed by atoms with Gasteiger partial charge in [-0.3, -0.25) is 4.98 Å². The third-order valence-corrected chi connectivity index (χ3v) is 3.19. The molecule has 0 spiro atoms. The van der Waals surface area contributed by atoms with Crippen LogP contribution in [0.2, 0.25) is 0 Å². The molecule has 2 heterocycles. The summed E-state index contributed by atoms with van der Waals surface area (Å²) in [5.74, 6) is 0.917. The van der Waals surface area contributed by atoms with E-state index < -0.39 is 0 Å². The van der Waals surface area contributed by atoms with Gasteiger partial charge in [0.1, 0.15) is 0 Å². The first-order valence-electron chi connectivity index (χ1n) is 6.84. The lowest BCUT2D eigenvalue weighted by Gasteiger charge is -2.13. The normalized spacial score (nSPS) is 11.0. The average molecular weight is 258 g/mol. The first-order chi connectivity index (χ1) is 9.11. The van der Waals surface area contributed by atoms with Crippen molar-refractivity contribution in [2.24, 2.45) is 0 Å². The molecule has 4 nitrogen and oxygen atoms in total. The van der Waals surface area contributed by atoms with E-state index in [2.05, 4.69) is 52.9 Å². The summed E-state index contributed by atoms with van der Waals surface area (Å²) in [6, 6.07) is 4.52. The van der Waals surface area contributed by atoms with Crippen LogP contribution in [-0.4, -0.2) is 14.5 Å². The Hall–Kier alpha value is -1.84. The lowest BCUT2D eigenvalue weighted by atomic mass is 10.1. The third-order valence-electron chi connectivity index (χ3n) is 3.19. The van der Waals surface area contributed by atoms with Crippen LogP contribution in [0.25, 0.3) is 0 Å². The number of aryl methyl sites for hydroxylation is 2. The average Bonchev–Trinajstić information content (AvgIpc) is 2.78. The summed E-state index contributed by atoms with van der Waals surface area (Å²) in [5.41, 5.74) is 3.42. The summed E-state index contributed by atoms with van der Waals surface area (Å²) in [6.07, 6.45) is 4.92. The van der Waals surface area contributed by atoms with Crippen molar-refractivity contribution in [2.75, 3.05) is 5.32 Å². The van der Waals surface area contributed by atoms with E-state index in [9.17, 15) is 0 Å². The summed E-state index contributed by atoms with van der Waals surface area (Å²) >= 11 is 0. The van der Waals surface area contributed by atoms with E-state index in [0.717, 1.165) is 23.8 Å². The predicted octanol–water partition coefficient (Wildman–Crippen LogP) is 3.34. The first-order valence-corrected chi connectivity index (χ1v) is 6.84. The Morgan fingerprint density at radius 1 is 1.37 bits per heavy atom. The van der Waals surface area contributed by atoms with Crippen molar-refractivity contribution in [3.05, 3.63) is 41.5 Å². The number of aromatic nitrogens is 3. The Labute approximate surface area is 114 Å². The fourth-order valence-corrected chi connectivity index (χ4v) is 2.16. The summed E-state index contributed by atoms with van der Waals surface area (Å²) in [4.78, 5) is 8.97. The number of hydrogen-bond acceptors (Lipinski definition) is 3. The lowest BCUT2D eigenvalue weighted by molar-refractivity contribution is 0.604.